The van der Waals surface area contributed by atoms with E-state index in [1.165, 1.54) is 11.1 Å². The number of nitrogens with one attached hydrogen (secondary N) is 1. The van der Waals surface area contributed by atoms with Gasteiger partial charge in [-0.25, -0.2) is 0 Å². The van der Waals surface area contributed by atoms with Gasteiger partial charge in [0.05, 0.1) is 7.11 Å². The maximum Gasteiger partial charge on any atom is 0.161 e. The third-order valence-electron chi connectivity index (χ3n) is 4.56. The van der Waals surface area contributed by atoms with Gasteiger partial charge in [-0.2, -0.15) is 0 Å². The first-order valence-electron chi connectivity index (χ1n) is 8.63. The molecule has 3 N–H and O–H groups in total. The van der Waals surface area contributed by atoms with E-state index < -0.39 is 6.10 Å². The van der Waals surface area contributed by atoms with Crippen LogP contribution in [0.1, 0.15) is 17.5 Å². The average Bonchev–Trinajstić information content (AvgIpc) is 2.64. The molecule has 0 aliphatic heterocycles. The van der Waals surface area contributed by atoms with Crippen LogP contribution in [0.3, 0.4) is 0 Å². The normalized spacial score (nSPS) is 16.9. The molecule has 2 aromatic rings. The average molecular weight is 380 g/mol. The summed E-state index contributed by atoms with van der Waals surface area (Å²) in [4.78, 5) is 0. The lowest BCUT2D eigenvalue weighted by Crippen LogP contribution is -2.40. The third-order valence-corrected chi connectivity index (χ3v) is 4.56. The fourth-order valence-electron chi connectivity index (χ4n) is 3.20. The van der Waals surface area contributed by atoms with Gasteiger partial charge in [-0.05, 0) is 54.7 Å². The lowest BCUT2D eigenvalue weighted by Gasteiger charge is -2.26. The summed E-state index contributed by atoms with van der Waals surface area (Å²) in [5, 5.41) is 23.1. The first kappa shape index (κ1) is 20.4. The molecule has 0 radical (unpaired) electrons. The number of fused-ring (bicyclic) bond motifs is 1. The maximum absolute atomic E-state index is 10.2. The number of halogens is 1. The number of ether oxygens (including phenoxy) is 2. The molecular formula is C20H26ClNO4. The number of hydrogen-bond donors (Lipinski definition) is 3. The van der Waals surface area contributed by atoms with E-state index in [1.807, 2.05) is 36.4 Å². The highest BCUT2D eigenvalue weighted by molar-refractivity contribution is 5.85. The van der Waals surface area contributed by atoms with Gasteiger partial charge in [-0.15, -0.1) is 12.4 Å². The van der Waals surface area contributed by atoms with Crippen LogP contribution >= 0.6 is 12.4 Å². The van der Waals surface area contributed by atoms with Crippen LogP contribution in [-0.4, -0.2) is 42.6 Å². The lowest BCUT2D eigenvalue weighted by molar-refractivity contribution is 0.101. The Labute approximate surface area is 160 Å². The maximum atomic E-state index is 10.2. The molecule has 6 heteroatoms. The van der Waals surface area contributed by atoms with E-state index in [0.29, 0.717) is 29.8 Å². The number of benzene rings is 2. The lowest BCUT2D eigenvalue weighted by atomic mass is 9.88. The first-order valence-corrected chi connectivity index (χ1v) is 8.63. The van der Waals surface area contributed by atoms with Crippen LogP contribution in [0, 0.1) is 0 Å². The Balaban J connectivity index is 0.00000243. The Morgan fingerprint density at radius 2 is 1.92 bits per heavy atom. The number of hydrogen-bond acceptors (Lipinski definition) is 5. The quantitative estimate of drug-likeness (QED) is 0.690. The summed E-state index contributed by atoms with van der Waals surface area (Å²) in [6.45, 7) is 0.692. The second kappa shape index (κ2) is 9.67. The predicted molar refractivity (Wildman–Crippen MR) is 104 cm³/mol. The first-order chi connectivity index (χ1) is 12.2. The number of rotatable bonds is 7. The number of methoxy groups -OCH3 is 1. The van der Waals surface area contributed by atoms with Gasteiger partial charge in [-0.1, -0.05) is 18.2 Å². The van der Waals surface area contributed by atoms with Crippen molar-refractivity contribution >= 4 is 12.4 Å². The molecule has 2 atom stereocenters. The molecular weight excluding hydrogens is 354 g/mol. The highest BCUT2D eigenvalue weighted by Gasteiger charge is 2.19. The minimum atomic E-state index is -0.592. The molecule has 0 saturated carbocycles. The van der Waals surface area contributed by atoms with Crippen LogP contribution in [0.15, 0.2) is 42.5 Å². The number of aliphatic hydroxyl groups excluding tert-OH is 1. The van der Waals surface area contributed by atoms with E-state index in [4.69, 9.17) is 9.47 Å². The number of phenols is 1. The van der Waals surface area contributed by atoms with E-state index >= 15 is 0 Å². The third kappa shape index (κ3) is 5.27. The van der Waals surface area contributed by atoms with Crippen molar-refractivity contribution in [3.63, 3.8) is 0 Å². The van der Waals surface area contributed by atoms with Crippen molar-refractivity contribution in [1.29, 1.82) is 0 Å². The van der Waals surface area contributed by atoms with Gasteiger partial charge in [0.1, 0.15) is 18.5 Å². The fourth-order valence-corrected chi connectivity index (χ4v) is 3.20. The molecule has 0 saturated heterocycles. The molecule has 0 heterocycles. The van der Waals surface area contributed by atoms with Crippen molar-refractivity contribution in [3.05, 3.63) is 53.6 Å². The van der Waals surface area contributed by atoms with Crippen LogP contribution < -0.4 is 14.8 Å². The molecule has 0 spiro atoms. The van der Waals surface area contributed by atoms with E-state index in [0.717, 1.165) is 19.3 Å². The van der Waals surface area contributed by atoms with E-state index in [2.05, 4.69) is 5.32 Å². The second-order valence-corrected chi connectivity index (χ2v) is 6.42. The van der Waals surface area contributed by atoms with Crippen LogP contribution in [0.5, 0.6) is 17.2 Å². The summed E-state index contributed by atoms with van der Waals surface area (Å²) in [6, 6.07) is 13.3. The zero-order valence-electron chi connectivity index (χ0n) is 14.9. The number of aliphatic hydroxyl groups is 1. The molecule has 0 amide bonds. The Bertz CT molecular complexity index is 710. The van der Waals surface area contributed by atoms with Gasteiger partial charge >= 0.3 is 0 Å². The minimum absolute atomic E-state index is 0. The molecule has 1 aliphatic rings. The standard InChI is InChI=1S/C20H25NO4.ClH/c1-24-19-4-2-3-5-20(19)25-13-18(23)12-21-16-8-6-15-11-17(22)9-7-14(15)10-16;/h2-5,7,9,11,16,18,21-23H,6,8,10,12-13H2,1H3;1H. The largest absolute Gasteiger partial charge is 0.508 e. The number of aryl methyl sites for hydroxylation is 1. The van der Waals surface area contributed by atoms with Crippen molar-refractivity contribution in [2.24, 2.45) is 0 Å². The SMILES string of the molecule is COc1ccccc1OCC(O)CNC1CCc2cc(O)ccc2C1.Cl. The Morgan fingerprint density at radius 3 is 2.69 bits per heavy atom. The molecule has 142 valence electrons. The molecule has 3 rings (SSSR count). The second-order valence-electron chi connectivity index (χ2n) is 6.42. The molecule has 0 aromatic heterocycles. The molecule has 0 fully saturated rings. The van der Waals surface area contributed by atoms with E-state index in [-0.39, 0.29) is 19.0 Å². The van der Waals surface area contributed by atoms with Gasteiger partial charge in [-0.3, -0.25) is 0 Å². The summed E-state index contributed by atoms with van der Waals surface area (Å²) in [6.07, 6.45) is 2.26. The van der Waals surface area contributed by atoms with Crippen molar-refractivity contribution in [3.8, 4) is 17.2 Å². The van der Waals surface area contributed by atoms with Gasteiger partial charge in [0.25, 0.3) is 0 Å². The van der Waals surface area contributed by atoms with Crippen molar-refractivity contribution < 1.29 is 19.7 Å². The fraction of sp³-hybridized carbons (Fsp3) is 0.400. The van der Waals surface area contributed by atoms with Crippen molar-refractivity contribution in [2.75, 3.05) is 20.3 Å². The number of para-hydroxylation sites is 2. The highest BCUT2D eigenvalue weighted by Crippen LogP contribution is 2.26. The number of phenolic OH excluding ortho intramolecular Hbond substituents is 1. The van der Waals surface area contributed by atoms with Gasteiger partial charge in [0, 0.05) is 12.6 Å². The molecule has 26 heavy (non-hydrogen) atoms. The van der Waals surface area contributed by atoms with Crippen LogP contribution in [-0.2, 0) is 12.8 Å². The van der Waals surface area contributed by atoms with Gasteiger partial charge in [0.2, 0.25) is 0 Å². The Hall–Kier alpha value is -1.95. The Kier molecular flexibility index (Phi) is 7.57. The van der Waals surface area contributed by atoms with E-state index in [1.54, 1.807) is 13.2 Å². The summed E-state index contributed by atoms with van der Waals surface area (Å²) in [5.74, 6) is 1.62. The zero-order chi connectivity index (χ0) is 17.6. The van der Waals surface area contributed by atoms with Crippen molar-refractivity contribution in [2.45, 2.75) is 31.4 Å². The topological polar surface area (TPSA) is 71.0 Å². The molecule has 2 aromatic carbocycles. The van der Waals surface area contributed by atoms with Gasteiger partial charge < -0.3 is 25.0 Å². The predicted octanol–water partition coefficient (Wildman–Crippen LogP) is 2.71. The molecule has 5 nitrogen and oxygen atoms in total. The van der Waals surface area contributed by atoms with Gasteiger partial charge in [0.15, 0.2) is 11.5 Å². The minimum Gasteiger partial charge on any atom is -0.508 e. The summed E-state index contributed by atoms with van der Waals surface area (Å²) in [7, 11) is 1.60. The highest BCUT2D eigenvalue weighted by atomic mass is 35.5. The van der Waals surface area contributed by atoms with Crippen LogP contribution in [0.4, 0.5) is 0 Å². The summed E-state index contributed by atoms with van der Waals surface area (Å²) < 4.78 is 10.9. The Morgan fingerprint density at radius 1 is 1.15 bits per heavy atom. The van der Waals surface area contributed by atoms with E-state index in [9.17, 15) is 10.2 Å². The van der Waals surface area contributed by atoms with Crippen LogP contribution in [0.2, 0.25) is 0 Å². The van der Waals surface area contributed by atoms with Crippen LogP contribution in [0.25, 0.3) is 0 Å². The monoisotopic (exact) mass is 379 g/mol. The summed E-state index contributed by atoms with van der Waals surface area (Å²) in [5.41, 5.74) is 2.49. The number of aromatic hydroxyl groups is 1. The summed E-state index contributed by atoms with van der Waals surface area (Å²) >= 11 is 0. The zero-order valence-corrected chi connectivity index (χ0v) is 15.7. The molecule has 2 unspecified atom stereocenters. The molecule has 1 aliphatic carbocycles. The van der Waals surface area contributed by atoms with Crippen molar-refractivity contribution in [1.82, 2.24) is 5.32 Å². The molecule has 0 bridgehead atoms. The smallest absolute Gasteiger partial charge is 0.161 e.